The van der Waals surface area contributed by atoms with E-state index in [1.165, 1.54) is 12.1 Å². The maximum absolute atomic E-state index is 13.3. The fraction of sp³-hybridized carbons (Fsp3) is 0.133. The van der Waals surface area contributed by atoms with Crippen molar-refractivity contribution in [3.8, 4) is 11.8 Å². The molecular formula is C15H12BrFN2O. The van der Waals surface area contributed by atoms with Crippen molar-refractivity contribution >= 4 is 21.6 Å². The number of hydrogen-bond acceptors (Lipinski definition) is 3. The van der Waals surface area contributed by atoms with Crippen LogP contribution in [0.4, 0.5) is 10.1 Å². The van der Waals surface area contributed by atoms with Crippen LogP contribution in [0.1, 0.15) is 11.6 Å². The summed E-state index contributed by atoms with van der Waals surface area (Å²) >= 11 is 3.33. The lowest BCUT2D eigenvalue weighted by Gasteiger charge is -2.15. The number of anilines is 1. The third-order valence-electron chi connectivity index (χ3n) is 2.80. The van der Waals surface area contributed by atoms with Crippen molar-refractivity contribution in [2.75, 3.05) is 12.4 Å². The molecule has 5 heteroatoms. The van der Waals surface area contributed by atoms with E-state index in [2.05, 4.69) is 27.3 Å². The third kappa shape index (κ3) is 3.28. The van der Waals surface area contributed by atoms with Gasteiger partial charge in [0.1, 0.15) is 17.6 Å². The number of nitrogens with one attached hydrogen (secondary N) is 1. The summed E-state index contributed by atoms with van der Waals surface area (Å²) < 4.78 is 19.1. The zero-order valence-corrected chi connectivity index (χ0v) is 12.3. The Morgan fingerprint density at radius 3 is 2.55 bits per heavy atom. The second-order valence-electron chi connectivity index (χ2n) is 4.10. The highest BCUT2D eigenvalue weighted by Crippen LogP contribution is 2.27. The monoisotopic (exact) mass is 334 g/mol. The fourth-order valence-corrected chi connectivity index (χ4v) is 2.24. The van der Waals surface area contributed by atoms with Gasteiger partial charge in [-0.1, -0.05) is 15.9 Å². The van der Waals surface area contributed by atoms with Crippen LogP contribution in [0, 0.1) is 17.1 Å². The van der Waals surface area contributed by atoms with Gasteiger partial charge in [-0.25, -0.2) is 4.39 Å². The summed E-state index contributed by atoms with van der Waals surface area (Å²) in [5.74, 6) is 0.357. The minimum Gasteiger partial charge on any atom is -0.497 e. The molecule has 0 aromatic heterocycles. The van der Waals surface area contributed by atoms with Gasteiger partial charge in [-0.3, -0.25) is 0 Å². The van der Waals surface area contributed by atoms with Crippen LogP contribution in [0.15, 0.2) is 46.9 Å². The van der Waals surface area contributed by atoms with E-state index in [1.54, 1.807) is 37.4 Å². The van der Waals surface area contributed by atoms with E-state index in [-0.39, 0.29) is 5.82 Å². The van der Waals surface area contributed by atoms with Gasteiger partial charge in [0, 0.05) is 15.7 Å². The zero-order chi connectivity index (χ0) is 14.5. The summed E-state index contributed by atoms with van der Waals surface area (Å²) in [7, 11) is 1.59. The van der Waals surface area contributed by atoms with Crippen LogP contribution in [-0.4, -0.2) is 7.11 Å². The van der Waals surface area contributed by atoms with Crippen molar-refractivity contribution < 1.29 is 9.13 Å². The highest BCUT2D eigenvalue weighted by atomic mass is 79.9. The maximum Gasteiger partial charge on any atom is 0.141 e. The van der Waals surface area contributed by atoms with Crippen LogP contribution in [0.5, 0.6) is 5.75 Å². The minimum absolute atomic E-state index is 0.375. The Morgan fingerprint density at radius 2 is 1.95 bits per heavy atom. The predicted molar refractivity (Wildman–Crippen MR) is 79.1 cm³/mol. The van der Waals surface area contributed by atoms with E-state index in [0.717, 1.165) is 11.4 Å². The Labute approximate surface area is 125 Å². The lowest BCUT2D eigenvalue weighted by atomic mass is 10.1. The van der Waals surface area contributed by atoms with Gasteiger partial charge in [-0.2, -0.15) is 5.26 Å². The number of methoxy groups -OCH3 is 1. The summed E-state index contributed by atoms with van der Waals surface area (Å²) in [6.45, 7) is 0. The standard InChI is InChI=1S/C15H12BrFN2O/c1-20-12-5-3-11(4-6-12)19-15(9-18)13-8-10(17)2-7-14(13)16/h2-8,15,19H,1H3. The summed E-state index contributed by atoms with van der Waals surface area (Å²) in [4.78, 5) is 0. The molecule has 102 valence electrons. The first-order chi connectivity index (χ1) is 9.63. The fourth-order valence-electron chi connectivity index (χ4n) is 1.77. The second-order valence-corrected chi connectivity index (χ2v) is 4.96. The molecule has 0 fully saturated rings. The SMILES string of the molecule is COc1ccc(NC(C#N)c2cc(F)ccc2Br)cc1. The third-order valence-corrected chi connectivity index (χ3v) is 3.52. The Bertz CT molecular complexity index is 637. The molecule has 2 rings (SSSR count). The van der Waals surface area contributed by atoms with Gasteiger partial charge in [-0.15, -0.1) is 0 Å². The number of nitriles is 1. The highest BCUT2D eigenvalue weighted by molar-refractivity contribution is 9.10. The van der Waals surface area contributed by atoms with Crippen molar-refractivity contribution in [3.63, 3.8) is 0 Å². The quantitative estimate of drug-likeness (QED) is 0.907. The Kier molecular flexibility index (Phi) is 4.59. The molecule has 0 radical (unpaired) electrons. The summed E-state index contributed by atoms with van der Waals surface area (Å²) in [5, 5.41) is 12.3. The van der Waals surface area contributed by atoms with Crippen LogP contribution < -0.4 is 10.1 Å². The predicted octanol–water partition coefficient (Wildman–Crippen LogP) is 4.27. The van der Waals surface area contributed by atoms with Gasteiger partial charge in [-0.05, 0) is 42.5 Å². The van der Waals surface area contributed by atoms with Gasteiger partial charge in [0.25, 0.3) is 0 Å². The molecule has 0 bridgehead atoms. The molecular weight excluding hydrogens is 323 g/mol. The Morgan fingerprint density at radius 1 is 1.25 bits per heavy atom. The molecule has 0 saturated carbocycles. The highest BCUT2D eigenvalue weighted by Gasteiger charge is 2.14. The van der Waals surface area contributed by atoms with Gasteiger partial charge in [0.2, 0.25) is 0 Å². The van der Waals surface area contributed by atoms with Gasteiger partial charge < -0.3 is 10.1 Å². The number of halogens is 2. The average molecular weight is 335 g/mol. The smallest absolute Gasteiger partial charge is 0.141 e. The van der Waals surface area contributed by atoms with E-state index in [4.69, 9.17) is 4.74 Å². The van der Waals surface area contributed by atoms with E-state index >= 15 is 0 Å². The molecule has 0 spiro atoms. The molecule has 0 aliphatic carbocycles. The van der Waals surface area contributed by atoms with Crippen molar-refractivity contribution in [3.05, 3.63) is 58.3 Å². The minimum atomic E-state index is -0.645. The maximum atomic E-state index is 13.3. The normalized spacial score (nSPS) is 11.5. The lowest BCUT2D eigenvalue weighted by molar-refractivity contribution is 0.415. The molecule has 2 aromatic carbocycles. The average Bonchev–Trinajstić information content (AvgIpc) is 2.48. The van der Waals surface area contributed by atoms with E-state index in [0.29, 0.717) is 10.0 Å². The molecule has 0 amide bonds. The lowest BCUT2D eigenvalue weighted by Crippen LogP contribution is -2.09. The molecule has 3 nitrogen and oxygen atoms in total. The van der Waals surface area contributed by atoms with Gasteiger partial charge >= 0.3 is 0 Å². The molecule has 0 heterocycles. The summed E-state index contributed by atoms with van der Waals surface area (Å²) in [5.41, 5.74) is 1.32. The molecule has 0 saturated heterocycles. The van der Waals surface area contributed by atoms with Crippen molar-refractivity contribution in [2.45, 2.75) is 6.04 Å². The first-order valence-corrected chi connectivity index (χ1v) is 6.68. The molecule has 20 heavy (non-hydrogen) atoms. The molecule has 2 aromatic rings. The first-order valence-electron chi connectivity index (χ1n) is 5.89. The number of benzene rings is 2. The van der Waals surface area contributed by atoms with Crippen LogP contribution in [0.2, 0.25) is 0 Å². The van der Waals surface area contributed by atoms with Crippen molar-refractivity contribution in [1.29, 1.82) is 5.26 Å². The Hall–Kier alpha value is -2.06. The number of ether oxygens (including phenoxy) is 1. The molecule has 1 unspecified atom stereocenters. The number of rotatable bonds is 4. The van der Waals surface area contributed by atoms with E-state index in [1.807, 2.05) is 0 Å². The summed E-state index contributed by atoms with van der Waals surface area (Å²) in [6, 6.07) is 12.9. The van der Waals surface area contributed by atoms with E-state index < -0.39 is 6.04 Å². The van der Waals surface area contributed by atoms with Crippen LogP contribution in [0.3, 0.4) is 0 Å². The van der Waals surface area contributed by atoms with Crippen LogP contribution >= 0.6 is 15.9 Å². The largest absolute Gasteiger partial charge is 0.497 e. The number of hydrogen-bond donors (Lipinski definition) is 1. The Balaban J connectivity index is 2.24. The van der Waals surface area contributed by atoms with Gasteiger partial charge in [0.05, 0.1) is 13.2 Å². The first kappa shape index (κ1) is 14.4. The van der Waals surface area contributed by atoms with Crippen molar-refractivity contribution in [1.82, 2.24) is 0 Å². The van der Waals surface area contributed by atoms with Crippen LogP contribution in [0.25, 0.3) is 0 Å². The molecule has 1 atom stereocenters. The summed E-state index contributed by atoms with van der Waals surface area (Å²) in [6.07, 6.45) is 0. The van der Waals surface area contributed by atoms with Crippen LogP contribution in [-0.2, 0) is 0 Å². The molecule has 0 aliphatic rings. The topological polar surface area (TPSA) is 45.0 Å². The molecule has 0 aliphatic heterocycles. The second kappa shape index (κ2) is 6.40. The van der Waals surface area contributed by atoms with Gasteiger partial charge in [0.15, 0.2) is 0 Å². The zero-order valence-electron chi connectivity index (χ0n) is 10.7. The van der Waals surface area contributed by atoms with Crippen molar-refractivity contribution in [2.24, 2.45) is 0 Å². The molecule has 1 N–H and O–H groups in total. The number of nitrogens with zero attached hydrogens (tertiary/aromatic N) is 1. The van der Waals surface area contributed by atoms with E-state index in [9.17, 15) is 9.65 Å².